The van der Waals surface area contributed by atoms with Crippen LogP contribution in [0.1, 0.15) is 12.8 Å². The molecule has 94 valence electrons. The minimum atomic E-state index is -3.57. The molecule has 8 heteroatoms. The number of rotatable bonds is 5. The first-order valence-electron chi connectivity index (χ1n) is 5.15. The van der Waals surface area contributed by atoms with Gasteiger partial charge in [0.15, 0.2) is 0 Å². The number of carboxylic acid groups (broad SMARTS) is 1. The van der Waals surface area contributed by atoms with Crippen LogP contribution >= 0.6 is 0 Å². The van der Waals surface area contributed by atoms with Crippen LogP contribution in [0.25, 0.3) is 0 Å². The van der Waals surface area contributed by atoms with E-state index in [0.717, 1.165) is 0 Å². The van der Waals surface area contributed by atoms with Crippen molar-refractivity contribution in [2.75, 3.05) is 26.2 Å². The molecule has 7 nitrogen and oxygen atoms in total. The quantitative estimate of drug-likeness (QED) is 0.555. The number of piperidine rings is 1. The molecule has 0 radical (unpaired) electrons. The van der Waals surface area contributed by atoms with Crippen molar-refractivity contribution >= 4 is 16.2 Å². The van der Waals surface area contributed by atoms with Gasteiger partial charge in [-0.2, -0.15) is 12.7 Å². The average molecular weight is 251 g/mol. The molecule has 0 amide bonds. The number of carboxylic acids is 1. The van der Waals surface area contributed by atoms with Gasteiger partial charge in [-0.05, 0) is 12.8 Å². The van der Waals surface area contributed by atoms with Crippen LogP contribution in [0.15, 0.2) is 0 Å². The number of nitrogens with two attached hydrogens (primary N) is 1. The van der Waals surface area contributed by atoms with E-state index in [2.05, 4.69) is 4.72 Å². The molecule has 0 aromatic heterocycles. The Bertz CT molecular complexity index is 343. The third kappa shape index (κ3) is 3.41. The summed E-state index contributed by atoms with van der Waals surface area (Å²) in [7, 11) is -3.57. The zero-order valence-electron chi connectivity index (χ0n) is 8.92. The van der Waals surface area contributed by atoms with E-state index in [4.69, 9.17) is 10.8 Å². The minimum absolute atomic E-state index is 0.0369. The molecule has 0 bridgehead atoms. The van der Waals surface area contributed by atoms with Crippen molar-refractivity contribution in [1.82, 2.24) is 9.03 Å². The van der Waals surface area contributed by atoms with E-state index < -0.39 is 22.1 Å². The standard InChI is InChI=1S/C8H17N3O4S/c9-3-4-10-16(14,15)11-5-1-2-7(6-11)8(12)13/h7,10H,1-6,9H2,(H,12,13). The molecule has 1 heterocycles. The molecule has 1 rings (SSSR count). The topological polar surface area (TPSA) is 113 Å². The maximum Gasteiger partial charge on any atom is 0.307 e. The number of nitrogens with zero attached hydrogens (tertiary/aromatic N) is 1. The Morgan fingerprint density at radius 3 is 2.81 bits per heavy atom. The highest BCUT2D eigenvalue weighted by molar-refractivity contribution is 7.87. The van der Waals surface area contributed by atoms with Gasteiger partial charge in [-0.1, -0.05) is 0 Å². The third-order valence-corrected chi connectivity index (χ3v) is 4.08. The van der Waals surface area contributed by atoms with Crippen LogP contribution in [0.4, 0.5) is 0 Å². The molecular weight excluding hydrogens is 234 g/mol. The molecule has 0 spiro atoms. The number of aliphatic carboxylic acids is 1. The van der Waals surface area contributed by atoms with E-state index in [1.807, 2.05) is 0 Å². The lowest BCUT2D eigenvalue weighted by molar-refractivity contribution is -0.142. The van der Waals surface area contributed by atoms with Crippen molar-refractivity contribution in [2.24, 2.45) is 11.7 Å². The highest BCUT2D eigenvalue weighted by Crippen LogP contribution is 2.18. The molecule has 0 saturated carbocycles. The molecule has 1 unspecified atom stereocenters. The number of hydrogen-bond donors (Lipinski definition) is 3. The highest BCUT2D eigenvalue weighted by atomic mass is 32.2. The van der Waals surface area contributed by atoms with E-state index in [1.54, 1.807) is 0 Å². The lowest BCUT2D eigenvalue weighted by atomic mass is 10.0. The Labute approximate surface area is 94.8 Å². The van der Waals surface area contributed by atoms with Crippen molar-refractivity contribution in [1.29, 1.82) is 0 Å². The Hall–Kier alpha value is -0.700. The summed E-state index contributed by atoms with van der Waals surface area (Å²) in [4.78, 5) is 10.8. The lowest BCUT2D eigenvalue weighted by Crippen LogP contribution is -2.48. The maximum absolute atomic E-state index is 11.7. The summed E-state index contributed by atoms with van der Waals surface area (Å²) in [6.45, 7) is 0.783. The second kappa shape index (κ2) is 5.58. The first kappa shape index (κ1) is 13.4. The van der Waals surface area contributed by atoms with Crippen LogP contribution in [-0.2, 0) is 15.0 Å². The van der Waals surface area contributed by atoms with Gasteiger partial charge in [0.25, 0.3) is 10.2 Å². The van der Waals surface area contributed by atoms with E-state index in [-0.39, 0.29) is 19.6 Å². The van der Waals surface area contributed by atoms with Gasteiger partial charge in [0.2, 0.25) is 0 Å². The van der Waals surface area contributed by atoms with Gasteiger partial charge in [0.1, 0.15) is 0 Å². The average Bonchev–Trinajstić information content (AvgIpc) is 2.26. The number of carbonyl (C=O) groups is 1. The van der Waals surface area contributed by atoms with Gasteiger partial charge < -0.3 is 10.8 Å². The van der Waals surface area contributed by atoms with E-state index in [1.165, 1.54) is 4.31 Å². The molecule has 1 saturated heterocycles. The molecule has 1 aliphatic rings. The molecular formula is C8H17N3O4S. The second-order valence-electron chi connectivity index (χ2n) is 3.72. The second-order valence-corrected chi connectivity index (χ2v) is 5.48. The summed E-state index contributed by atoms with van der Waals surface area (Å²) >= 11 is 0. The number of nitrogens with one attached hydrogen (secondary N) is 1. The minimum Gasteiger partial charge on any atom is -0.481 e. The van der Waals surface area contributed by atoms with E-state index >= 15 is 0 Å². The fourth-order valence-electron chi connectivity index (χ4n) is 1.64. The summed E-state index contributed by atoms with van der Waals surface area (Å²) in [5.41, 5.74) is 5.20. The lowest BCUT2D eigenvalue weighted by Gasteiger charge is -2.29. The normalized spacial score (nSPS) is 23.2. The molecule has 16 heavy (non-hydrogen) atoms. The van der Waals surface area contributed by atoms with Crippen LogP contribution in [0.3, 0.4) is 0 Å². The van der Waals surface area contributed by atoms with Gasteiger partial charge in [-0.25, -0.2) is 4.72 Å². The zero-order chi connectivity index (χ0) is 12.2. The Morgan fingerprint density at radius 2 is 2.25 bits per heavy atom. The summed E-state index contributed by atoms with van der Waals surface area (Å²) < 4.78 is 26.8. The molecule has 0 aromatic rings. The molecule has 1 atom stereocenters. The van der Waals surface area contributed by atoms with Crippen LogP contribution in [0.2, 0.25) is 0 Å². The van der Waals surface area contributed by atoms with E-state index in [9.17, 15) is 13.2 Å². The molecule has 1 fully saturated rings. The summed E-state index contributed by atoms with van der Waals surface area (Å²) in [6.07, 6.45) is 1.10. The first-order chi connectivity index (χ1) is 7.47. The largest absolute Gasteiger partial charge is 0.481 e. The highest BCUT2D eigenvalue weighted by Gasteiger charge is 2.31. The molecule has 0 aromatic carbocycles. The summed E-state index contributed by atoms with van der Waals surface area (Å²) in [5, 5.41) is 8.84. The SMILES string of the molecule is NCCNS(=O)(=O)N1CCCC(C(=O)O)C1. The smallest absolute Gasteiger partial charge is 0.307 e. The maximum atomic E-state index is 11.7. The first-order valence-corrected chi connectivity index (χ1v) is 6.59. The fraction of sp³-hybridized carbons (Fsp3) is 0.875. The number of hydrogen-bond acceptors (Lipinski definition) is 4. The van der Waals surface area contributed by atoms with Gasteiger partial charge in [0.05, 0.1) is 5.92 Å². The molecule has 0 aliphatic carbocycles. The Kier molecular flexibility index (Phi) is 4.66. The molecule has 4 N–H and O–H groups in total. The summed E-state index contributed by atoms with van der Waals surface area (Å²) in [6, 6.07) is 0. The van der Waals surface area contributed by atoms with E-state index in [0.29, 0.717) is 19.4 Å². The predicted octanol–water partition coefficient (Wildman–Crippen LogP) is -1.42. The van der Waals surface area contributed by atoms with Crippen LogP contribution < -0.4 is 10.5 Å². The van der Waals surface area contributed by atoms with Crippen molar-refractivity contribution in [3.8, 4) is 0 Å². The Morgan fingerprint density at radius 1 is 1.56 bits per heavy atom. The van der Waals surface area contributed by atoms with Gasteiger partial charge in [-0.3, -0.25) is 4.79 Å². The van der Waals surface area contributed by atoms with Crippen molar-refractivity contribution in [3.63, 3.8) is 0 Å². The van der Waals surface area contributed by atoms with Crippen molar-refractivity contribution < 1.29 is 18.3 Å². The van der Waals surface area contributed by atoms with Gasteiger partial charge in [0, 0.05) is 26.2 Å². The Balaban J connectivity index is 2.62. The third-order valence-electron chi connectivity index (χ3n) is 2.50. The summed E-state index contributed by atoms with van der Waals surface area (Å²) in [5.74, 6) is -1.55. The predicted molar refractivity (Wildman–Crippen MR) is 57.9 cm³/mol. The van der Waals surface area contributed by atoms with Crippen LogP contribution in [0, 0.1) is 5.92 Å². The van der Waals surface area contributed by atoms with Crippen molar-refractivity contribution in [3.05, 3.63) is 0 Å². The van der Waals surface area contributed by atoms with Crippen LogP contribution in [-0.4, -0.2) is 50.0 Å². The fourth-order valence-corrected chi connectivity index (χ4v) is 2.95. The van der Waals surface area contributed by atoms with Crippen molar-refractivity contribution in [2.45, 2.75) is 12.8 Å². The molecule has 1 aliphatic heterocycles. The monoisotopic (exact) mass is 251 g/mol. The zero-order valence-corrected chi connectivity index (χ0v) is 9.74. The van der Waals surface area contributed by atoms with Gasteiger partial charge >= 0.3 is 5.97 Å². The van der Waals surface area contributed by atoms with Crippen LogP contribution in [0.5, 0.6) is 0 Å². The van der Waals surface area contributed by atoms with Gasteiger partial charge in [-0.15, -0.1) is 0 Å².